The molecule has 0 amide bonds. The third kappa shape index (κ3) is 9.20. The highest BCUT2D eigenvalue weighted by Crippen LogP contribution is 2.60. The van der Waals surface area contributed by atoms with Gasteiger partial charge in [0.15, 0.2) is 0 Å². The van der Waals surface area contributed by atoms with Gasteiger partial charge in [-0.05, 0) is 148 Å². The quantitative estimate of drug-likeness (QED) is 0.127. The summed E-state index contributed by atoms with van der Waals surface area (Å²) in [4.78, 5) is 5.41. The molecule has 0 radical (unpaired) electrons. The van der Waals surface area contributed by atoms with Crippen LogP contribution in [0.1, 0.15) is 48.6 Å². The van der Waals surface area contributed by atoms with E-state index < -0.39 is 5.41 Å². The van der Waals surface area contributed by atoms with Gasteiger partial charge in [0.1, 0.15) is 11.2 Å². The highest BCUT2D eigenvalue weighted by Gasteiger charge is 2.51. The van der Waals surface area contributed by atoms with Crippen molar-refractivity contribution < 1.29 is 4.42 Å². The molecule has 0 N–H and O–H groups in total. The average Bonchev–Trinajstić information content (AvgIpc) is 1.67. The standard InChI is InChI=1S/C95H67BN2O/c1-94(2,3)70-52-47-62(48-53-70)68-49-54-83-85(58-68)97(92-73(63-27-9-4-10-28-63)40-25-41-74(92)64-29-11-5-12-30-64)87-60-72(95(71-35-17-8-18-36-71)81-44-22-19-37-77(81)78-38-20-23-45-82(78)95)61-88-91(87)96(83)84-55-50-69(67-51-56-90-80(57-67)79-39-21-24-46-89(79)99-90)59-86(84)98(88)93-75(65-31-13-6-14-32-65)42-26-43-76(93)66-33-15-7-16-34-66/h4-61H,1-3H3. The molecule has 99 heavy (non-hydrogen) atoms. The van der Waals surface area contributed by atoms with Crippen LogP contribution in [0.15, 0.2) is 356 Å². The summed E-state index contributed by atoms with van der Waals surface area (Å²) < 4.78 is 6.52. The average molecular weight is 1260 g/mol. The minimum atomic E-state index is -0.808. The second-order valence-electron chi connectivity index (χ2n) is 27.8. The van der Waals surface area contributed by atoms with E-state index in [9.17, 15) is 0 Å². The normalized spacial score (nSPS) is 13.2. The molecular formula is C95H67BN2O. The SMILES string of the molecule is CC(C)(C)c1ccc(-c2ccc3c(c2)N(c2c(-c4ccccc4)cccc2-c2ccccc2)c2cc(C4(c5ccccc5)c5ccccc5-c5ccccc54)cc4c2B3c2ccc(-c3ccc5oc6ccccc6c5c3)cc2N4c2c(-c3ccccc3)cccc2-c2ccccc2)cc1. The van der Waals surface area contributed by atoms with Crippen LogP contribution >= 0.6 is 0 Å². The summed E-state index contributed by atoms with van der Waals surface area (Å²) in [6.45, 7) is 6.64. The van der Waals surface area contributed by atoms with Gasteiger partial charge in [-0.1, -0.05) is 330 Å². The number of fused-ring (bicyclic) bond motifs is 10. The highest BCUT2D eigenvalue weighted by atomic mass is 16.3. The van der Waals surface area contributed by atoms with E-state index in [-0.39, 0.29) is 12.1 Å². The van der Waals surface area contributed by atoms with Gasteiger partial charge in [-0.3, -0.25) is 0 Å². The lowest BCUT2D eigenvalue weighted by molar-refractivity contribution is 0.590. The first kappa shape index (κ1) is 58.1. The summed E-state index contributed by atoms with van der Waals surface area (Å²) in [6.07, 6.45) is 0. The lowest BCUT2D eigenvalue weighted by atomic mass is 9.33. The molecule has 0 atom stereocenters. The summed E-state index contributed by atoms with van der Waals surface area (Å²) in [6, 6.07) is 132. The summed E-state index contributed by atoms with van der Waals surface area (Å²) in [5, 5.41) is 2.20. The van der Waals surface area contributed by atoms with E-state index in [0.29, 0.717) is 0 Å². The number of rotatable bonds is 10. The molecule has 4 heteroatoms. The number of hydrogen-bond acceptors (Lipinski definition) is 3. The largest absolute Gasteiger partial charge is 0.456 e. The Morgan fingerprint density at radius 3 is 1.15 bits per heavy atom. The van der Waals surface area contributed by atoms with Crippen LogP contribution in [0.5, 0.6) is 0 Å². The third-order valence-electron chi connectivity index (χ3n) is 21.3. The molecule has 1 aromatic heterocycles. The molecule has 0 fully saturated rings. The van der Waals surface area contributed by atoms with Crippen LogP contribution in [0, 0.1) is 0 Å². The molecule has 3 nitrogen and oxygen atoms in total. The van der Waals surface area contributed by atoms with Gasteiger partial charge in [-0.2, -0.15) is 0 Å². The third-order valence-corrected chi connectivity index (χ3v) is 21.3. The Hall–Kier alpha value is -12.2. The lowest BCUT2D eigenvalue weighted by Gasteiger charge is -2.47. The Kier molecular flexibility index (Phi) is 13.5. The fourth-order valence-corrected chi connectivity index (χ4v) is 16.8. The molecule has 0 saturated carbocycles. The van der Waals surface area contributed by atoms with Crippen LogP contribution < -0.4 is 26.2 Å². The molecule has 0 spiro atoms. The van der Waals surface area contributed by atoms with E-state index in [4.69, 9.17) is 4.42 Å². The fourth-order valence-electron chi connectivity index (χ4n) is 16.8. The van der Waals surface area contributed by atoms with Gasteiger partial charge >= 0.3 is 0 Å². The van der Waals surface area contributed by atoms with Crippen LogP contribution in [0.4, 0.5) is 34.1 Å². The zero-order valence-electron chi connectivity index (χ0n) is 55.4. The Bertz CT molecular complexity index is 5680. The van der Waals surface area contributed by atoms with Crippen molar-refractivity contribution in [1.82, 2.24) is 0 Å². The molecule has 0 unspecified atom stereocenters. The number of para-hydroxylation sites is 3. The maximum Gasteiger partial charge on any atom is 0.252 e. The first-order valence-corrected chi connectivity index (χ1v) is 34.6. The lowest BCUT2D eigenvalue weighted by Crippen LogP contribution is -2.61. The molecule has 16 aromatic rings. The molecule has 3 heterocycles. The van der Waals surface area contributed by atoms with Crippen LogP contribution in [0.3, 0.4) is 0 Å². The van der Waals surface area contributed by atoms with Crippen molar-refractivity contribution in [3.8, 4) is 77.9 Å². The van der Waals surface area contributed by atoms with E-state index in [0.717, 1.165) is 117 Å². The van der Waals surface area contributed by atoms with E-state index in [1.165, 1.54) is 60.9 Å². The Morgan fingerprint density at radius 1 is 0.283 bits per heavy atom. The molecule has 19 rings (SSSR count). The minimum Gasteiger partial charge on any atom is -0.456 e. The Balaban J connectivity index is 1.01. The molecule has 15 aromatic carbocycles. The monoisotopic (exact) mass is 1260 g/mol. The number of anilines is 6. The number of furan rings is 1. The van der Waals surface area contributed by atoms with E-state index in [1.54, 1.807) is 0 Å². The minimum absolute atomic E-state index is 0.0112. The number of hydrogen-bond donors (Lipinski definition) is 0. The van der Waals surface area contributed by atoms with Crippen molar-refractivity contribution >= 4 is 79.2 Å². The summed E-state index contributed by atoms with van der Waals surface area (Å²) >= 11 is 0. The van der Waals surface area contributed by atoms with Crippen LogP contribution in [-0.2, 0) is 10.8 Å². The topological polar surface area (TPSA) is 19.6 Å². The van der Waals surface area contributed by atoms with Crippen LogP contribution in [-0.4, -0.2) is 6.71 Å². The second kappa shape index (κ2) is 23.0. The van der Waals surface area contributed by atoms with Crippen molar-refractivity contribution in [3.05, 3.63) is 380 Å². The smallest absolute Gasteiger partial charge is 0.252 e. The second-order valence-corrected chi connectivity index (χ2v) is 27.8. The van der Waals surface area contributed by atoms with Gasteiger partial charge in [0.25, 0.3) is 6.71 Å². The van der Waals surface area contributed by atoms with E-state index in [1.807, 2.05) is 0 Å². The van der Waals surface area contributed by atoms with Gasteiger partial charge < -0.3 is 14.2 Å². The van der Waals surface area contributed by atoms with Crippen molar-refractivity contribution in [3.63, 3.8) is 0 Å². The first-order valence-electron chi connectivity index (χ1n) is 34.6. The fraction of sp³-hybridized carbons (Fsp3) is 0.0526. The zero-order valence-corrected chi connectivity index (χ0v) is 55.4. The molecule has 0 saturated heterocycles. The van der Waals surface area contributed by atoms with Gasteiger partial charge in [0, 0.05) is 55.8 Å². The predicted molar refractivity (Wildman–Crippen MR) is 416 cm³/mol. The van der Waals surface area contributed by atoms with E-state index >= 15 is 0 Å². The van der Waals surface area contributed by atoms with Crippen molar-refractivity contribution in [2.75, 3.05) is 9.80 Å². The maximum absolute atomic E-state index is 6.52. The first-order chi connectivity index (χ1) is 48.8. The maximum atomic E-state index is 6.52. The van der Waals surface area contributed by atoms with Gasteiger partial charge in [0.05, 0.1) is 16.8 Å². The van der Waals surface area contributed by atoms with Gasteiger partial charge in [0.2, 0.25) is 0 Å². The Labute approximate surface area is 578 Å². The van der Waals surface area contributed by atoms with Crippen molar-refractivity contribution in [1.29, 1.82) is 0 Å². The summed E-state index contributed by atoms with van der Waals surface area (Å²) in [7, 11) is 0. The molecule has 2 aliphatic heterocycles. The Morgan fingerprint density at radius 2 is 0.667 bits per heavy atom. The number of benzene rings is 15. The molecule has 3 aliphatic rings. The van der Waals surface area contributed by atoms with E-state index in [2.05, 4.69) is 382 Å². The molecule has 0 bridgehead atoms. The van der Waals surface area contributed by atoms with Crippen LogP contribution in [0.2, 0.25) is 0 Å². The molecule has 1 aliphatic carbocycles. The summed E-state index contributed by atoms with van der Waals surface area (Å²) in [5.41, 5.74) is 33.5. The van der Waals surface area contributed by atoms with Crippen molar-refractivity contribution in [2.24, 2.45) is 0 Å². The summed E-state index contributed by atoms with van der Waals surface area (Å²) in [5.74, 6) is 0. The predicted octanol–water partition coefficient (Wildman–Crippen LogP) is 23.3. The van der Waals surface area contributed by atoms with Gasteiger partial charge in [-0.15, -0.1) is 0 Å². The molecule has 466 valence electrons. The van der Waals surface area contributed by atoms with Crippen molar-refractivity contribution in [2.45, 2.75) is 31.6 Å². The highest BCUT2D eigenvalue weighted by molar-refractivity contribution is 7.00. The van der Waals surface area contributed by atoms with Crippen LogP contribution in [0.25, 0.3) is 99.8 Å². The van der Waals surface area contributed by atoms with Gasteiger partial charge in [-0.25, -0.2) is 0 Å². The molecular weight excluding hydrogens is 1200 g/mol. The number of nitrogens with zero attached hydrogens (tertiary/aromatic N) is 2. The zero-order chi connectivity index (χ0) is 65.9.